The Hall–Kier alpha value is -1.85. The Morgan fingerprint density at radius 1 is 1.59 bits per heavy atom. The molecule has 1 fully saturated rings. The van der Waals surface area contributed by atoms with Gasteiger partial charge in [0.05, 0.1) is 19.5 Å². The van der Waals surface area contributed by atoms with Crippen molar-refractivity contribution in [2.24, 2.45) is 0 Å². The highest BCUT2D eigenvalue weighted by Gasteiger charge is 2.44. The Morgan fingerprint density at radius 3 is 3.00 bits per heavy atom. The molecule has 0 saturated carbocycles. The summed E-state index contributed by atoms with van der Waals surface area (Å²) in [6.45, 7) is 2.38. The molecule has 92 valence electrons. The molecule has 1 N–H and O–H groups in total. The molecule has 1 aliphatic rings. The second-order valence-electron chi connectivity index (χ2n) is 4.25. The highest BCUT2D eigenvalue weighted by molar-refractivity contribution is 5.83. The van der Waals surface area contributed by atoms with E-state index in [1.807, 2.05) is 0 Å². The Bertz CT molecular complexity index is 438. The highest BCUT2D eigenvalue weighted by atomic mass is 16.5. The normalized spacial score (nSPS) is 23.8. The summed E-state index contributed by atoms with van der Waals surface area (Å²) in [6.07, 6.45) is 4.51. The first-order chi connectivity index (χ1) is 8.08. The van der Waals surface area contributed by atoms with Crippen LogP contribution < -0.4 is 9.64 Å². The van der Waals surface area contributed by atoms with E-state index < -0.39 is 11.5 Å². The summed E-state index contributed by atoms with van der Waals surface area (Å²) in [5.41, 5.74) is -0.902. The minimum atomic E-state index is -0.902. The monoisotopic (exact) mass is 237 g/mol. The average Bonchev–Trinajstić information content (AvgIpc) is 2.73. The Kier molecular flexibility index (Phi) is 2.87. The van der Waals surface area contributed by atoms with Crippen LogP contribution in [0.5, 0.6) is 5.88 Å². The van der Waals surface area contributed by atoms with Crippen LogP contribution in [-0.2, 0) is 4.79 Å². The first-order valence-electron chi connectivity index (χ1n) is 5.45. The van der Waals surface area contributed by atoms with E-state index in [1.165, 1.54) is 13.3 Å². The number of carboxylic acids is 1. The van der Waals surface area contributed by atoms with E-state index in [0.717, 1.165) is 6.42 Å². The van der Waals surface area contributed by atoms with Crippen molar-refractivity contribution in [3.05, 3.63) is 12.4 Å². The maximum Gasteiger partial charge on any atom is 0.329 e. The number of ether oxygens (including phenoxy) is 1. The van der Waals surface area contributed by atoms with Gasteiger partial charge in [0.25, 0.3) is 0 Å². The molecule has 6 heteroatoms. The molecule has 2 rings (SSSR count). The molecule has 0 aliphatic carbocycles. The molecule has 2 heterocycles. The molecule has 1 aliphatic heterocycles. The van der Waals surface area contributed by atoms with Gasteiger partial charge in [-0.25, -0.2) is 4.79 Å². The summed E-state index contributed by atoms with van der Waals surface area (Å²) >= 11 is 0. The number of methoxy groups -OCH3 is 1. The fourth-order valence-electron chi connectivity index (χ4n) is 2.12. The fourth-order valence-corrected chi connectivity index (χ4v) is 2.12. The molecule has 0 aromatic carbocycles. The molecule has 0 amide bonds. The van der Waals surface area contributed by atoms with Crippen LogP contribution in [0, 0.1) is 0 Å². The third-order valence-electron chi connectivity index (χ3n) is 3.19. The molecular formula is C11H15N3O3. The fraction of sp³-hybridized carbons (Fsp3) is 0.545. The zero-order chi connectivity index (χ0) is 12.5. The van der Waals surface area contributed by atoms with Gasteiger partial charge in [0, 0.05) is 6.54 Å². The molecular weight excluding hydrogens is 222 g/mol. The third-order valence-corrected chi connectivity index (χ3v) is 3.19. The summed E-state index contributed by atoms with van der Waals surface area (Å²) in [4.78, 5) is 21.3. The van der Waals surface area contributed by atoms with Crippen molar-refractivity contribution in [2.45, 2.75) is 25.3 Å². The predicted molar refractivity (Wildman–Crippen MR) is 61.2 cm³/mol. The van der Waals surface area contributed by atoms with Crippen LogP contribution in [0.3, 0.4) is 0 Å². The lowest BCUT2D eigenvalue weighted by atomic mass is 9.99. The lowest BCUT2D eigenvalue weighted by molar-refractivity contribution is -0.142. The van der Waals surface area contributed by atoms with E-state index in [0.29, 0.717) is 24.7 Å². The molecule has 0 radical (unpaired) electrons. The molecule has 1 unspecified atom stereocenters. The van der Waals surface area contributed by atoms with Gasteiger partial charge in [-0.3, -0.25) is 4.98 Å². The van der Waals surface area contributed by atoms with Crippen molar-refractivity contribution in [2.75, 3.05) is 18.6 Å². The molecule has 1 aromatic rings. The average molecular weight is 237 g/mol. The molecule has 0 spiro atoms. The van der Waals surface area contributed by atoms with Gasteiger partial charge in [-0.05, 0) is 19.8 Å². The number of aliphatic carboxylic acids is 1. The quantitative estimate of drug-likeness (QED) is 0.842. The predicted octanol–water partition coefficient (Wildman–Crippen LogP) is 0.929. The zero-order valence-corrected chi connectivity index (χ0v) is 9.88. The summed E-state index contributed by atoms with van der Waals surface area (Å²) in [6, 6.07) is 0. The zero-order valence-electron chi connectivity index (χ0n) is 9.88. The van der Waals surface area contributed by atoms with E-state index in [1.54, 1.807) is 18.0 Å². The van der Waals surface area contributed by atoms with Crippen molar-refractivity contribution >= 4 is 11.8 Å². The summed E-state index contributed by atoms with van der Waals surface area (Å²) in [5.74, 6) is 0.105. The molecule has 0 bridgehead atoms. The second-order valence-corrected chi connectivity index (χ2v) is 4.25. The summed E-state index contributed by atoms with van der Waals surface area (Å²) < 4.78 is 5.00. The number of anilines is 1. The van der Waals surface area contributed by atoms with Crippen LogP contribution in [0.15, 0.2) is 12.4 Å². The van der Waals surface area contributed by atoms with E-state index in [4.69, 9.17) is 4.74 Å². The molecule has 1 atom stereocenters. The maximum atomic E-state index is 11.3. The first-order valence-corrected chi connectivity index (χ1v) is 5.45. The molecule has 6 nitrogen and oxygen atoms in total. The van der Waals surface area contributed by atoms with E-state index in [-0.39, 0.29) is 0 Å². The van der Waals surface area contributed by atoms with Crippen molar-refractivity contribution in [3.63, 3.8) is 0 Å². The van der Waals surface area contributed by atoms with E-state index >= 15 is 0 Å². The Morgan fingerprint density at radius 2 is 2.35 bits per heavy atom. The van der Waals surface area contributed by atoms with Gasteiger partial charge in [-0.2, -0.15) is 4.98 Å². The number of hydrogen-bond donors (Lipinski definition) is 1. The number of nitrogens with zero attached hydrogens (tertiary/aromatic N) is 3. The maximum absolute atomic E-state index is 11.3. The van der Waals surface area contributed by atoms with Gasteiger partial charge >= 0.3 is 5.97 Å². The van der Waals surface area contributed by atoms with Crippen molar-refractivity contribution in [1.29, 1.82) is 0 Å². The number of aromatic nitrogens is 2. The lowest BCUT2D eigenvalue weighted by Gasteiger charge is -2.31. The van der Waals surface area contributed by atoms with Crippen molar-refractivity contribution in [3.8, 4) is 5.88 Å². The largest absolute Gasteiger partial charge is 0.480 e. The number of carbonyl (C=O) groups is 1. The van der Waals surface area contributed by atoms with Gasteiger partial charge in [0.15, 0.2) is 5.82 Å². The third kappa shape index (κ3) is 1.90. The summed E-state index contributed by atoms with van der Waals surface area (Å²) in [7, 11) is 1.51. The van der Waals surface area contributed by atoms with Gasteiger partial charge in [0.2, 0.25) is 5.88 Å². The summed E-state index contributed by atoms with van der Waals surface area (Å²) in [5, 5.41) is 9.31. The van der Waals surface area contributed by atoms with Crippen LogP contribution in [0.25, 0.3) is 0 Å². The van der Waals surface area contributed by atoms with Crippen molar-refractivity contribution < 1.29 is 14.6 Å². The lowest BCUT2D eigenvalue weighted by Crippen LogP contribution is -2.48. The molecule has 1 aromatic heterocycles. The van der Waals surface area contributed by atoms with Gasteiger partial charge in [-0.15, -0.1) is 0 Å². The van der Waals surface area contributed by atoms with Crippen LogP contribution in [0.2, 0.25) is 0 Å². The number of carboxylic acid groups (broad SMARTS) is 1. The van der Waals surface area contributed by atoms with Gasteiger partial charge in [0.1, 0.15) is 5.54 Å². The Labute approximate surface area is 99.2 Å². The van der Waals surface area contributed by atoms with Crippen LogP contribution in [-0.4, -0.2) is 40.2 Å². The van der Waals surface area contributed by atoms with Crippen LogP contribution in [0.4, 0.5) is 5.82 Å². The minimum Gasteiger partial charge on any atom is -0.480 e. The smallest absolute Gasteiger partial charge is 0.329 e. The van der Waals surface area contributed by atoms with E-state index in [9.17, 15) is 9.90 Å². The highest BCUT2D eigenvalue weighted by Crippen LogP contribution is 2.33. The second kappa shape index (κ2) is 4.20. The topological polar surface area (TPSA) is 75.5 Å². The Balaban J connectivity index is 2.35. The number of hydrogen-bond acceptors (Lipinski definition) is 5. The van der Waals surface area contributed by atoms with Crippen LogP contribution in [0.1, 0.15) is 19.8 Å². The van der Waals surface area contributed by atoms with Crippen molar-refractivity contribution in [1.82, 2.24) is 9.97 Å². The minimum absolute atomic E-state index is 0.391. The van der Waals surface area contributed by atoms with Crippen LogP contribution >= 0.6 is 0 Å². The first kappa shape index (κ1) is 11.6. The van der Waals surface area contributed by atoms with Gasteiger partial charge in [-0.1, -0.05) is 0 Å². The SMILES string of the molecule is COc1cncc(N2CCCC2(C)C(=O)O)n1. The standard InChI is InChI=1S/C11H15N3O3/c1-11(10(15)16)4-3-5-14(11)8-6-12-7-9(13-8)17-2/h6-7H,3-5H2,1-2H3,(H,15,16). The van der Waals surface area contributed by atoms with Gasteiger partial charge < -0.3 is 14.7 Å². The molecule has 17 heavy (non-hydrogen) atoms. The van der Waals surface area contributed by atoms with E-state index in [2.05, 4.69) is 9.97 Å². The molecule has 1 saturated heterocycles. The number of rotatable bonds is 3.